The Bertz CT molecular complexity index is 586. The predicted octanol–water partition coefficient (Wildman–Crippen LogP) is 2.16. The minimum absolute atomic E-state index is 0.263. The van der Waals surface area contributed by atoms with Gasteiger partial charge in [-0.05, 0) is 31.4 Å². The van der Waals surface area contributed by atoms with Crippen LogP contribution >= 0.6 is 0 Å². The summed E-state index contributed by atoms with van der Waals surface area (Å²) in [4.78, 5) is 19.3. The fraction of sp³-hybridized carbons (Fsp3) is 0.333. The summed E-state index contributed by atoms with van der Waals surface area (Å²) in [6.07, 6.45) is 4.83. The highest BCUT2D eigenvalue weighted by molar-refractivity contribution is 5.75. The van der Waals surface area contributed by atoms with E-state index in [0.717, 1.165) is 36.8 Å². The molecule has 1 aromatic heterocycles. The Morgan fingerprint density at radius 2 is 1.79 bits per heavy atom. The summed E-state index contributed by atoms with van der Waals surface area (Å²) in [5.41, 5.74) is 0.898. The molecule has 1 aliphatic heterocycles. The maximum absolute atomic E-state index is 12.1. The third kappa shape index (κ3) is 2.52. The molecule has 4 heteroatoms. The van der Waals surface area contributed by atoms with Crippen molar-refractivity contribution in [3.63, 3.8) is 0 Å². The zero-order valence-electron chi connectivity index (χ0n) is 10.8. The van der Waals surface area contributed by atoms with E-state index in [1.54, 1.807) is 15.8 Å². The number of nitrogens with zero attached hydrogens (tertiary/aromatic N) is 2. The number of pyridine rings is 1. The van der Waals surface area contributed by atoms with Crippen LogP contribution in [0.4, 0.5) is 4.79 Å². The van der Waals surface area contributed by atoms with Gasteiger partial charge in [-0.1, -0.05) is 12.1 Å². The number of fused-ring (bicyclic) bond motifs is 1. The average Bonchev–Trinajstić information content (AvgIpc) is 2.48. The van der Waals surface area contributed by atoms with Gasteiger partial charge >= 0.3 is 6.09 Å². The number of hydrogen-bond donors (Lipinski definition) is 0. The number of rotatable bonds is 1. The van der Waals surface area contributed by atoms with Crippen LogP contribution in [0.15, 0.2) is 42.6 Å². The second-order valence-electron chi connectivity index (χ2n) is 4.80. The van der Waals surface area contributed by atoms with Gasteiger partial charge in [0.15, 0.2) is 0 Å². The maximum atomic E-state index is 12.1. The molecule has 0 spiro atoms. The molecular weight excluding hydrogens is 240 g/mol. The molecule has 98 valence electrons. The molecule has 1 amide bonds. The molecule has 1 aromatic carbocycles. The zero-order chi connectivity index (χ0) is 13.1. The van der Waals surface area contributed by atoms with Crippen LogP contribution in [0.5, 0.6) is 0 Å². The van der Waals surface area contributed by atoms with Gasteiger partial charge in [-0.2, -0.15) is 4.84 Å². The smallest absolute Gasteiger partial charge is 0.303 e. The number of hydrogen-bond acceptors (Lipinski definition) is 2. The van der Waals surface area contributed by atoms with Crippen molar-refractivity contribution < 1.29 is 14.4 Å². The van der Waals surface area contributed by atoms with Crippen molar-refractivity contribution in [1.82, 2.24) is 4.90 Å². The lowest BCUT2D eigenvalue weighted by Crippen LogP contribution is -2.52. The van der Waals surface area contributed by atoms with E-state index in [1.807, 2.05) is 36.4 Å². The molecule has 0 aliphatic carbocycles. The van der Waals surface area contributed by atoms with Crippen molar-refractivity contribution in [2.75, 3.05) is 13.1 Å². The lowest BCUT2D eigenvalue weighted by Gasteiger charge is -2.23. The van der Waals surface area contributed by atoms with Gasteiger partial charge in [0.25, 0.3) is 5.52 Å². The van der Waals surface area contributed by atoms with Gasteiger partial charge in [0.1, 0.15) is 0 Å². The molecule has 2 heterocycles. The van der Waals surface area contributed by atoms with Gasteiger partial charge in [-0.25, -0.2) is 4.79 Å². The molecule has 0 saturated carbocycles. The minimum atomic E-state index is -0.263. The van der Waals surface area contributed by atoms with E-state index >= 15 is 0 Å². The Kier molecular flexibility index (Phi) is 3.31. The van der Waals surface area contributed by atoms with Crippen molar-refractivity contribution in [1.29, 1.82) is 0 Å². The summed E-state index contributed by atoms with van der Waals surface area (Å²) in [6.45, 7) is 1.59. The number of benzene rings is 1. The first-order chi connectivity index (χ1) is 9.34. The van der Waals surface area contributed by atoms with Gasteiger partial charge < -0.3 is 4.90 Å². The standard InChI is InChI=1S/C15H17N2O2/c18-15(16-10-4-1-5-11-16)19-17-12-6-8-13-7-2-3-9-14(13)17/h2-3,6-9,12H,1,4-5,10-11H2/q+1. The summed E-state index contributed by atoms with van der Waals surface area (Å²) in [5.74, 6) is 0. The SMILES string of the molecule is O=C(O[n+]1cccc2ccccc21)N1CCCCC1. The van der Waals surface area contributed by atoms with E-state index in [1.165, 1.54) is 6.42 Å². The average molecular weight is 257 g/mol. The Balaban J connectivity index is 1.82. The lowest BCUT2D eigenvalue weighted by molar-refractivity contribution is -0.848. The Hall–Kier alpha value is -2.10. The maximum Gasteiger partial charge on any atom is 0.478 e. The van der Waals surface area contributed by atoms with E-state index in [0.29, 0.717) is 0 Å². The molecule has 3 rings (SSSR count). The monoisotopic (exact) mass is 257 g/mol. The summed E-state index contributed by atoms with van der Waals surface area (Å²) < 4.78 is 1.55. The number of piperidine rings is 1. The van der Waals surface area contributed by atoms with Crippen molar-refractivity contribution in [3.8, 4) is 0 Å². The van der Waals surface area contributed by atoms with E-state index in [9.17, 15) is 4.79 Å². The predicted molar refractivity (Wildman–Crippen MR) is 71.5 cm³/mol. The van der Waals surface area contributed by atoms with E-state index in [2.05, 4.69) is 0 Å². The summed E-state index contributed by atoms with van der Waals surface area (Å²) >= 11 is 0. The highest BCUT2D eigenvalue weighted by Crippen LogP contribution is 2.10. The Morgan fingerprint density at radius 3 is 2.63 bits per heavy atom. The first-order valence-corrected chi connectivity index (χ1v) is 6.71. The van der Waals surface area contributed by atoms with Crippen LogP contribution in [0.2, 0.25) is 0 Å². The Morgan fingerprint density at radius 1 is 1.05 bits per heavy atom. The van der Waals surface area contributed by atoms with Crippen LogP contribution in [0.3, 0.4) is 0 Å². The molecular formula is C15H17N2O2+. The molecule has 1 aliphatic rings. The second kappa shape index (κ2) is 5.26. The number of carbonyl (C=O) groups is 1. The zero-order valence-corrected chi connectivity index (χ0v) is 10.8. The quantitative estimate of drug-likeness (QED) is 0.734. The second-order valence-corrected chi connectivity index (χ2v) is 4.80. The van der Waals surface area contributed by atoms with Crippen LogP contribution in [0, 0.1) is 0 Å². The van der Waals surface area contributed by atoms with Gasteiger partial charge in [0.05, 0.1) is 5.39 Å². The van der Waals surface area contributed by atoms with Crippen molar-refractivity contribution in [2.45, 2.75) is 19.3 Å². The van der Waals surface area contributed by atoms with Crippen LogP contribution < -0.4 is 9.57 Å². The van der Waals surface area contributed by atoms with Crippen LogP contribution in [0.1, 0.15) is 19.3 Å². The molecule has 0 unspecified atom stereocenters. The molecule has 2 aromatic rings. The minimum Gasteiger partial charge on any atom is -0.303 e. The van der Waals surface area contributed by atoms with Crippen molar-refractivity contribution >= 4 is 17.0 Å². The Labute approximate surface area is 112 Å². The number of para-hydroxylation sites is 1. The molecule has 19 heavy (non-hydrogen) atoms. The van der Waals surface area contributed by atoms with Gasteiger partial charge in [-0.15, -0.1) is 0 Å². The molecule has 0 N–H and O–H groups in total. The third-order valence-electron chi connectivity index (χ3n) is 3.46. The molecule has 1 saturated heterocycles. The first-order valence-electron chi connectivity index (χ1n) is 6.71. The summed E-state index contributed by atoms with van der Waals surface area (Å²) in [6, 6.07) is 11.7. The fourth-order valence-corrected chi connectivity index (χ4v) is 2.43. The van der Waals surface area contributed by atoms with Crippen molar-refractivity contribution in [2.24, 2.45) is 0 Å². The topological polar surface area (TPSA) is 33.4 Å². The first kappa shape index (κ1) is 12.0. The fourth-order valence-electron chi connectivity index (χ4n) is 2.43. The molecule has 4 nitrogen and oxygen atoms in total. The summed E-state index contributed by atoms with van der Waals surface area (Å²) in [5, 5.41) is 1.05. The number of likely N-dealkylation sites (tertiary alicyclic amines) is 1. The van der Waals surface area contributed by atoms with Crippen LogP contribution in [-0.4, -0.2) is 24.1 Å². The largest absolute Gasteiger partial charge is 0.478 e. The van der Waals surface area contributed by atoms with E-state index in [-0.39, 0.29) is 6.09 Å². The highest BCUT2D eigenvalue weighted by atomic mass is 16.7. The van der Waals surface area contributed by atoms with Crippen LogP contribution in [-0.2, 0) is 0 Å². The lowest BCUT2D eigenvalue weighted by atomic mass is 10.1. The molecule has 0 bridgehead atoms. The molecule has 0 atom stereocenters. The number of aromatic nitrogens is 1. The number of amides is 1. The van der Waals surface area contributed by atoms with E-state index < -0.39 is 0 Å². The highest BCUT2D eigenvalue weighted by Gasteiger charge is 2.23. The third-order valence-corrected chi connectivity index (χ3v) is 3.46. The number of carbonyl (C=O) groups excluding carboxylic acids is 1. The summed E-state index contributed by atoms with van der Waals surface area (Å²) in [7, 11) is 0. The van der Waals surface area contributed by atoms with Gasteiger partial charge in [-0.3, -0.25) is 0 Å². The normalized spacial score (nSPS) is 15.5. The van der Waals surface area contributed by atoms with Gasteiger partial charge in [0.2, 0.25) is 6.20 Å². The van der Waals surface area contributed by atoms with Gasteiger partial charge in [0, 0.05) is 30.0 Å². The van der Waals surface area contributed by atoms with Crippen LogP contribution in [0.25, 0.3) is 10.9 Å². The molecule has 0 radical (unpaired) electrons. The van der Waals surface area contributed by atoms with E-state index in [4.69, 9.17) is 4.84 Å². The molecule has 1 fully saturated rings. The van der Waals surface area contributed by atoms with Crippen molar-refractivity contribution in [3.05, 3.63) is 42.6 Å².